The van der Waals surface area contributed by atoms with Crippen molar-refractivity contribution in [2.24, 2.45) is 10.1 Å². The second-order valence-electron chi connectivity index (χ2n) is 4.18. The fourth-order valence-corrected chi connectivity index (χ4v) is 3.58. The normalized spacial score (nSPS) is 14.8. The Balaban J connectivity index is 0.000000333. The maximum atomic E-state index is 11.6. The van der Waals surface area contributed by atoms with Gasteiger partial charge in [-0.05, 0) is 12.1 Å². The fourth-order valence-electron chi connectivity index (χ4n) is 1.43. The van der Waals surface area contributed by atoms with Crippen molar-refractivity contribution in [2.45, 2.75) is 9.79 Å². The van der Waals surface area contributed by atoms with Crippen molar-refractivity contribution in [3.8, 4) is 0 Å². The molecule has 0 unspecified atom stereocenters. The van der Waals surface area contributed by atoms with Gasteiger partial charge in [0.1, 0.15) is 16.1 Å². The van der Waals surface area contributed by atoms with E-state index in [4.69, 9.17) is 27.0 Å². The van der Waals surface area contributed by atoms with Crippen LogP contribution in [0.1, 0.15) is 0 Å². The predicted octanol–water partition coefficient (Wildman–Crippen LogP) is -0.349. The number of primary sulfonamides is 1. The number of hydrogen-bond donors (Lipinski definition) is 4. The molecule has 0 radical (unpaired) electrons. The molecule has 0 aromatic heterocycles. The fraction of sp³-hybridized carbons (Fsp3) is 0. The zero-order valence-electron chi connectivity index (χ0n) is 11.9. The molecular weight excluding hydrogens is 402 g/mol. The van der Waals surface area contributed by atoms with Crippen LogP contribution in [0.15, 0.2) is 39.1 Å². The van der Waals surface area contributed by atoms with E-state index in [9.17, 15) is 26.4 Å². The summed E-state index contributed by atoms with van der Waals surface area (Å²) in [6.07, 6.45) is 2.09. The van der Waals surface area contributed by atoms with Gasteiger partial charge in [-0.2, -0.15) is 0 Å². The van der Waals surface area contributed by atoms with Crippen LogP contribution in [0, 0.1) is 0 Å². The van der Waals surface area contributed by atoms with Gasteiger partial charge in [0, 0.05) is 12.2 Å². The van der Waals surface area contributed by atoms with Crippen LogP contribution < -0.4 is 9.86 Å². The molecule has 0 aliphatic carbocycles. The number of sulfonamides is 2. The Morgan fingerprint density at radius 3 is 2.16 bits per heavy atom. The van der Waals surface area contributed by atoms with Crippen molar-refractivity contribution in [3.63, 3.8) is 0 Å². The first kappa shape index (κ1) is 20.6. The number of carbonyl (C=O) groups is 2. The molecule has 1 aromatic carbocycles. The van der Waals surface area contributed by atoms with Gasteiger partial charge in [-0.25, -0.2) is 36.6 Å². The number of carboxylic acids is 2. The van der Waals surface area contributed by atoms with Gasteiger partial charge in [0.05, 0.1) is 10.7 Å². The molecule has 14 heteroatoms. The minimum atomic E-state index is -4.09. The average molecular weight is 412 g/mol. The van der Waals surface area contributed by atoms with Crippen molar-refractivity contribution in [1.29, 1.82) is 0 Å². The van der Waals surface area contributed by atoms with Crippen molar-refractivity contribution >= 4 is 55.6 Å². The van der Waals surface area contributed by atoms with Gasteiger partial charge in [-0.1, -0.05) is 11.6 Å². The van der Waals surface area contributed by atoms with Gasteiger partial charge in [-0.3, -0.25) is 4.72 Å². The number of halogens is 1. The first-order valence-electron chi connectivity index (χ1n) is 5.90. The zero-order valence-corrected chi connectivity index (χ0v) is 14.3. The first-order chi connectivity index (χ1) is 11.3. The highest BCUT2D eigenvalue weighted by Gasteiger charge is 2.25. The molecule has 1 aliphatic rings. The third-order valence-electron chi connectivity index (χ3n) is 2.39. The van der Waals surface area contributed by atoms with Crippen molar-refractivity contribution in [2.75, 3.05) is 0 Å². The molecule has 2 rings (SSSR count). The molecule has 0 amide bonds. The number of nitrogens with two attached hydrogens (primary N) is 1. The van der Waals surface area contributed by atoms with E-state index in [1.807, 2.05) is 4.72 Å². The number of fused-ring (bicyclic) bond motifs is 1. The minimum Gasteiger partial charge on any atom is -0.478 e. The van der Waals surface area contributed by atoms with E-state index in [1.54, 1.807) is 0 Å². The second-order valence-corrected chi connectivity index (χ2v) is 7.80. The molecule has 1 heterocycles. The smallest absolute Gasteiger partial charge is 0.328 e. The Labute approximate surface area is 146 Å². The molecular formula is C11H10ClN3O8S2. The summed E-state index contributed by atoms with van der Waals surface area (Å²) in [5.74, 6) is -2.51. The monoisotopic (exact) mass is 411 g/mol. The molecule has 136 valence electrons. The lowest BCUT2D eigenvalue weighted by Crippen LogP contribution is -2.25. The van der Waals surface area contributed by atoms with Gasteiger partial charge < -0.3 is 10.2 Å². The molecule has 0 bridgehead atoms. The maximum Gasteiger partial charge on any atom is 0.328 e. The molecule has 11 nitrogen and oxygen atoms in total. The van der Waals surface area contributed by atoms with Gasteiger partial charge in [0.2, 0.25) is 10.0 Å². The van der Waals surface area contributed by atoms with Crippen LogP contribution in [-0.4, -0.2) is 45.3 Å². The predicted molar refractivity (Wildman–Crippen MR) is 85.7 cm³/mol. The summed E-state index contributed by atoms with van der Waals surface area (Å²) in [5, 5.41) is 20.4. The van der Waals surface area contributed by atoms with E-state index in [0.717, 1.165) is 18.5 Å². The van der Waals surface area contributed by atoms with Crippen LogP contribution in [0.2, 0.25) is 5.02 Å². The molecule has 0 fully saturated rings. The number of benzene rings is 1. The molecule has 0 saturated carbocycles. The lowest BCUT2D eigenvalue weighted by atomic mass is 10.3. The highest BCUT2D eigenvalue weighted by molar-refractivity contribution is 7.90. The Morgan fingerprint density at radius 2 is 1.72 bits per heavy atom. The Hall–Kier alpha value is -2.48. The summed E-state index contributed by atoms with van der Waals surface area (Å²) in [5.41, 5.74) is 0.0566. The molecule has 0 spiro atoms. The van der Waals surface area contributed by atoms with Crippen LogP contribution in [-0.2, 0) is 29.6 Å². The topological polar surface area (TPSA) is 193 Å². The number of aliphatic imine (C=N–C) groups is 1. The van der Waals surface area contributed by atoms with E-state index in [2.05, 4.69) is 4.99 Å². The lowest BCUT2D eigenvalue weighted by molar-refractivity contribution is -0.134. The number of nitrogens with zero attached hydrogens (tertiary/aromatic N) is 1. The van der Waals surface area contributed by atoms with Crippen LogP contribution in [0.4, 0.5) is 5.69 Å². The number of hydrogen-bond acceptors (Lipinski definition) is 7. The second kappa shape index (κ2) is 7.60. The van der Waals surface area contributed by atoms with Crippen molar-refractivity contribution in [1.82, 2.24) is 4.72 Å². The van der Waals surface area contributed by atoms with Crippen molar-refractivity contribution in [3.05, 3.63) is 29.3 Å². The number of rotatable bonds is 3. The molecule has 1 aromatic rings. The van der Waals surface area contributed by atoms with E-state index >= 15 is 0 Å². The van der Waals surface area contributed by atoms with E-state index in [1.165, 1.54) is 0 Å². The molecule has 1 aliphatic heterocycles. The number of carboxylic acid groups (broad SMARTS) is 2. The van der Waals surface area contributed by atoms with Crippen molar-refractivity contribution < 1.29 is 36.6 Å². The average Bonchev–Trinajstić information content (AvgIpc) is 2.43. The number of aliphatic carboxylic acids is 2. The summed E-state index contributed by atoms with van der Waals surface area (Å²) in [7, 11) is -7.91. The van der Waals surface area contributed by atoms with Gasteiger partial charge >= 0.3 is 11.9 Å². The van der Waals surface area contributed by atoms with Crippen LogP contribution in [0.5, 0.6) is 0 Å². The van der Waals surface area contributed by atoms with Gasteiger partial charge in [-0.15, -0.1) is 0 Å². The SMILES string of the molecule is NS(=O)(=O)c1cc2c(cc1Cl)N=CNS2(=O)=O.O=C(O)/C=C\C(=O)O. The summed E-state index contributed by atoms with van der Waals surface area (Å²) < 4.78 is 47.6. The molecule has 0 atom stereocenters. The largest absolute Gasteiger partial charge is 0.478 e. The van der Waals surface area contributed by atoms with Crippen LogP contribution in [0.3, 0.4) is 0 Å². The molecule has 25 heavy (non-hydrogen) atoms. The van der Waals surface area contributed by atoms with Crippen LogP contribution >= 0.6 is 11.6 Å². The Kier molecular flexibility index (Phi) is 6.26. The van der Waals surface area contributed by atoms with Crippen LogP contribution in [0.25, 0.3) is 0 Å². The third kappa shape index (κ3) is 5.82. The maximum absolute atomic E-state index is 11.6. The number of nitrogens with one attached hydrogen (secondary N) is 1. The summed E-state index contributed by atoms with van der Waals surface area (Å²) in [6, 6.07) is 2.01. The van der Waals surface area contributed by atoms with Gasteiger partial charge in [0.25, 0.3) is 10.0 Å². The zero-order chi connectivity index (χ0) is 19.4. The molecule has 5 N–H and O–H groups in total. The summed E-state index contributed by atoms with van der Waals surface area (Å²) >= 11 is 5.69. The molecule has 0 saturated heterocycles. The standard InChI is InChI=1S/C7H6ClN3O4S2.C4H4O4/c8-4-1-5-7(2-6(4)16(9,12)13)17(14,15)11-3-10-5;5-3(6)1-2-4(7)8/h1-3H,(H,10,11)(H2,9,12,13);1-2H,(H,5,6)(H,7,8)/b;2-1-. The third-order valence-corrected chi connectivity index (χ3v) is 5.09. The first-order valence-corrected chi connectivity index (χ1v) is 9.30. The minimum absolute atomic E-state index is 0.0566. The highest BCUT2D eigenvalue weighted by Crippen LogP contribution is 2.33. The Bertz CT molecular complexity index is 967. The Morgan fingerprint density at radius 1 is 1.20 bits per heavy atom. The highest BCUT2D eigenvalue weighted by atomic mass is 35.5. The summed E-state index contributed by atoms with van der Waals surface area (Å²) in [4.78, 5) is 22.1. The quantitative estimate of drug-likeness (QED) is 0.484. The van der Waals surface area contributed by atoms with E-state index in [-0.39, 0.29) is 15.6 Å². The van der Waals surface area contributed by atoms with E-state index in [0.29, 0.717) is 12.2 Å². The van der Waals surface area contributed by atoms with E-state index < -0.39 is 36.9 Å². The lowest BCUT2D eigenvalue weighted by Gasteiger charge is -2.13. The summed E-state index contributed by atoms with van der Waals surface area (Å²) in [6.45, 7) is 0. The van der Waals surface area contributed by atoms with Gasteiger partial charge in [0.15, 0.2) is 0 Å².